The van der Waals surface area contributed by atoms with Crippen molar-refractivity contribution >= 4 is 11.6 Å². The maximum Gasteiger partial charge on any atom is 0.225 e. The summed E-state index contributed by atoms with van der Waals surface area (Å²) in [7, 11) is 0. The van der Waals surface area contributed by atoms with E-state index in [4.69, 9.17) is 4.74 Å². The molecule has 2 aromatic rings. The van der Waals surface area contributed by atoms with E-state index in [0.29, 0.717) is 5.91 Å². The zero-order valence-corrected chi connectivity index (χ0v) is 18.2. The first kappa shape index (κ1) is 20.5. The lowest BCUT2D eigenvalue weighted by Crippen LogP contribution is -2.50. The fourth-order valence-corrected chi connectivity index (χ4v) is 4.97. The van der Waals surface area contributed by atoms with E-state index >= 15 is 0 Å². The molecule has 1 amide bonds. The van der Waals surface area contributed by atoms with Gasteiger partial charge in [0.1, 0.15) is 6.23 Å². The fraction of sp³-hybridized carbons (Fsp3) is 0.583. The summed E-state index contributed by atoms with van der Waals surface area (Å²) in [6.45, 7) is 6.25. The number of amides is 1. The average Bonchev–Trinajstić information content (AvgIpc) is 3.35. The van der Waals surface area contributed by atoms with Crippen LogP contribution in [0.15, 0.2) is 36.7 Å². The Morgan fingerprint density at radius 2 is 1.74 bits per heavy atom. The van der Waals surface area contributed by atoms with Gasteiger partial charge in [0.25, 0.3) is 0 Å². The number of hydrogen-bond acceptors (Lipinski definition) is 5. The molecule has 1 aromatic heterocycles. The molecular weight excluding hydrogens is 390 g/mol. The van der Waals surface area contributed by atoms with Gasteiger partial charge in [0.05, 0.1) is 6.20 Å². The molecule has 3 saturated heterocycles. The molecule has 1 N–H and O–H groups in total. The number of carbonyl (C=O) groups is 1. The van der Waals surface area contributed by atoms with Crippen LogP contribution < -0.4 is 10.2 Å². The molecule has 4 heterocycles. The van der Waals surface area contributed by atoms with E-state index in [1.54, 1.807) is 0 Å². The number of piperidine rings is 1. The molecule has 5 rings (SSSR count). The van der Waals surface area contributed by atoms with Crippen LogP contribution in [0.4, 0.5) is 5.69 Å². The molecule has 3 aliphatic rings. The molecule has 0 bridgehead atoms. The highest BCUT2D eigenvalue weighted by molar-refractivity contribution is 5.79. The smallest absolute Gasteiger partial charge is 0.225 e. The Kier molecular flexibility index (Phi) is 6.22. The highest BCUT2D eigenvalue weighted by Crippen LogP contribution is 2.29. The number of hydrogen-bond donors (Lipinski definition) is 1. The summed E-state index contributed by atoms with van der Waals surface area (Å²) in [4.78, 5) is 17.2. The summed E-state index contributed by atoms with van der Waals surface area (Å²) in [5, 5.41) is 7.85. The molecule has 7 heteroatoms. The van der Waals surface area contributed by atoms with Gasteiger partial charge in [0.15, 0.2) is 0 Å². The van der Waals surface area contributed by atoms with Gasteiger partial charge in [0.2, 0.25) is 5.91 Å². The lowest BCUT2D eigenvalue weighted by molar-refractivity contribution is -0.136. The number of rotatable bonds is 4. The van der Waals surface area contributed by atoms with Crippen molar-refractivity contribution in [2.75, 3.05) is 50.8 Å². The van der Waals surface area contributed by atoms with Crippen LogP contribution in [0, 0.1) is 5.92 Å². The molecule has 3 fully saturated rings. The normalized spacial score (nSPS) is 23.2. The summed E-state index contributed by atoms with van der Waals surface area (Å²) in [5.41, 5.74) is 3.54. The number of anilines is 1. The highest BCUT2D eigenvalue weighted by Gasteiger charge is 2.29. The van der Waals surface area contributed by atoms with Gasteiger partial charge in [-0.3, -0.25) is 4.79 Å². The third kappa shape index (κ3) is 4.62. The van der Waals surface area contributed by atoms with Crippen molar-refractivity contribution in [1.82, 2.24) is 20.0 Å². The highest BCUT2D eigenvalue weighted by atomic mass is 16.5. The van der Waals surface area contributed by atoms with E-state index < -0.39 is 0 Å². The minimum Gasteiger partial charge on any atom is -0.371 e. The Morgan fingerprint density at radius 1 is 0.968 bits per heavy atom. The van der Waals surface area contributed by atoms with E-state index in [2.05, 4.69) is 45.8 Å². The van der Waals surface area contributed by atoms with Crippen molar-refractivity contribution in [2.45, 2.75) is 38.3 Å². The van der Waals surface area contributed by atoms with E-state index in [1.807, 2.05) is 15.8 Å². The largest absolute Gasteiger partial charge is 0.371 e. The molecule has 0 saturated carbocycles. The van der Waals surface area contributed by atoms with Gasteiger partial charge in [-0.15, -0.1) is 0 Å². The predicted octanol–water partition coefficient (Wildman–Crippen LogP) is 2.90. The van der Waals surface area contributed by atoms with Gasteiger partial charge < -0.3 is 19.9 Å². The van der Waals surface area contributed by atoms with Gasteiger partial charge >= 0.3 is 0 Å². The van der Waals surface area contributed by atoms with Crippen LogP contribution in [0.25, 0.3) is 11.1 Å². The number of ether oxygens (including phenoxy) is 1. The van der Waals surface area contributed by atoms with Gasteiger partial charge in [-0.1, -0.05) is 12.1 Å². The fourth-order valence-electron chi connectivity index (χ4n) is 4.97. The summed E-state index contributed by atoms with van der Waals surface area (Å²) >= 11 is 0. The molecule has 0 spiro atoms. The van der Waals surface area contributed by atoms with Crippen molar-refractivity contribution in [1.29, 1.82) is 0 Å². The second kappa shape index (κ2) is 9.40. The SMILES string of the molecule is O=C(C1CCN(c2ccc(-c3cnn(C4CCCCO4)c3)cc2)CC1)N1CCNCC1. The first-order chi connectivity index (χ1) is 15.3. The summed E-state index contributed by atoms with van der Waals surface area (Å²) in [5.74, 6) is 0.539. The van der Waals surface area contributed by atoms with Gasteiger partial charge in [-0.2, -0.15) is 5.10 Å². The minimum absolute atomic E-state index is 0.0759. The molecule has 0 radical (unpaired) electrons. The van der Waals surface area contributed by atoms with Crippen LogP contribution in [0.5, 0.6) is 0 Å². The second-order valence-electron chi connectivity index (χ2n) is 8.91. The lowest BCUT2D eigenvalue weighted by atomic mass is 9.94. The van der Waals surface area contributed by atoms with Crippen molar-refractivity contribution in [3.05, 3.63) is 36.7 Å². The van der Waals surface area contributed by atoms with Crippen LogP contribution in [0.2, 0.25) is 0 Å². The van der Waals surface area contributed by atoms with E-state index in [-0.39, 0.29) is 12.1 Å². The number of benzene rings is 1. The molecule has 31 heavy (non-hydrogen) atoms. The van der Waals surface area contributed by atoms with Gasteiger partial charge in [0, 0.05) is 69.2 Å². The minimum atomic E-state index is 0.0759. The third-order valence-corrected chi connectivity index (χ3v) is 6.89. The molecule has 166 valence electrons. The molecular formula is C24H33N5O2. The van der Waals surface area contributed by atoms with Crippen LogP contribution >= 0.6 is 0 Å². The van der Waals surface area contributed by atoms with Crippen molar-refractivity contribution in [3.8, 4) is 11.1 Å². The number of piperazine rings is 1. The summed E-state index contributed by atoms with van der Waals surface area (Å²) in [6.07, 6.45) is 9.37. The first-order valence-electron chi connectivity index (χ1n) is 11.8. The lowest BCUT2D eigenvalue weighted by Gasteiger charge is -2.36. The van der Waals surface area contributed by atoms with E-state index in [0.717, 1.165) is 77.1 Å². The topological polar surface area (TPSA) is 62.6 Å². The second-order valence-corrected chi connectivity index (χ2v) is 8.91. The maximum absolute atomic E-state index is 12.8. The molecule has 1 unspecified atom stereocenters. The van der Waals surface area contributed by atoms with Gasteiger partial charge in [-0.25, -0.2) is 4.68 Å². The Morgan fingerprint density at radius 3 is 2.45 bits per heavy atom. The monoisotopic (exact) mass is 423 g/mol. The van der Waals surface area contributed by atoms with E-state index in [1.165, 1.54) is 17.7 Å². The van der Waals surface area contributed by atoms with Crippen LogP contribution in [0.3, 0.4) is 0 Å². The molecule has 3 aliphatic heterocycles. The van der Waals surface area contributed by atoms with Crippen molar-refractivity contribution in [2.24, 2.45) is 5.92 Å². The van der Waals surface area contributed by atoms with Crippen molar-refractivity contribution < 1.29 is 9.53 Å². The Bertz CT molecular complexity index is 860. The summed E-state index contributed by atoms with van der Waals surface area (Å²) in [6, 6.07) is 8.75. The molecule has 7 nitrogen and oxygen atoms in total. The maximum atomic E-state index is 12.8. The third-order valence-electron chi connectivity index (χ3n) is 6.89. The molecule has 0 aliphatic carbocycles. The van der Waals surface area contributed by atoms with Crippen LogP contribution in [-0.2, 0) is 9.53 Å². The molecule has 1 aromatic carbocycles. The van der Waals surface area contributed by atoms with Crippen molar-refractivity contribution in [3.63, 3.8) is 0 Å². The van der Waals surface area contributed by atoms with E-state index in [9.17, 15) is 4.79 Å². The van der Waals surface area contributed by atoms with Crippen LogP contribution in [0.1, 0.15) is 38.3 Å². The number of aromatic nitrogens is 2. The Labute approximate surface area is 184 Å². The first-order valence-corrected chi connectivity index (χ1v) is 11.8. The number of nitrogens with one attached hydrogen (secondary N) is 1. The zero-order valence-electron chi connectivity index (χ0n) is 18.2. The predicted molar refractivity (Wildman–Crippen MR) is 121 cm³/mol. The van der Waals surface area contributed by atoms with Crippen LogP contribution in [-0.4, -0.2) is 66.5 Å². The Balaban J connectivity index is 1.17. The average molecular weight is 424 g/mol. The molecule has 1 atom stereocenters. The summed E-state index contributed by atoms with van der Waals surface area (Å²) < 4.78 is 7.80. The Hall–Kier alpha value is -2.38. The quantitative estimate of drug-likeness (QED) is 0.819. The number of nitrogens with zero attached hydrogens (tertiary/aromatic N) is 4. The zero-order chi connectivity index (χ0) is 21.0. The van der Waals surface area contributed by atoms with Gasteiger partial charge in [-0.05, 0) is 49.8 Å². The number of carbonyl (C=O) groups excluding carboxylic acids is 1. The standard InChI is InChI=1S/C24H33N5O2/c30-24(28-14-10-25-11-15-28)20-8-12-27(13-9-20)22-6-4-19(5-7-22)21-17-26-29(18-21)23-3-1-2-16-31-23/h4-7,17-18,20,23,25H,1-3,8-16H2.